The van der Waals surface area contributed by atoms with Crippen molar-refractivity contribution in [1.82, 2.24) is 14.7 Å². The summed E-state index contributed by atoms with van der Waals surface area (Å²) in [6.45, 7) is 6.03. The molecule has 0 fully saturated rings. The van der Waals surface area contributed by atoms with Gasteiger partial charge in [-0.3, -0.25) is 9.58 Å². The lowest BCUT2D eigenvalue weighted by molar-refractivity contribution is 0.193. The second-order valence-electron chi connectivity index (χ2n) is 4.94. The summed E-state index contributed by atoms with van der Waals surface area (Å²) in [6.07, 6.45) is 4.09. The summed E-state index contributed by atoms with van der Waals surface area (Å²) in [4.78, 5) is 2.50. The van der Waals surface area contributed by atoms with Crippen molar-refractivity contribution < 1.29 is 5.11 Å². The minimum atomic E-state index is -0.464. The second kappa shape index (κ2) is 6.59. The maximum atomic E-state index is 9.59. The van der Waals surface area contributed by atoms with Crippen molar-refractivity contribution in [2.75, 3.05) is 25.1 Å². The molecular formula is C13H23N3OS. The molecule has 0 bridgehead atoms. The Morgan fingerprint density at radius 3 is 3.06 bits per heavy atom. The summed E-state index contributed by atoms with van der Waals surface area (Å²) in [5, 5.41) is 14.1. The summed E-state index contributed by atoms with van der Waals surface area (Å²) in [5.41, 5.74) is 2.04. The van der Waals surface area contributed by atoms with Gasteiger partial charge in [0, 0.05) is 19.6 Å². The maximum absolute atomic E-state index is 9.59. The zero-order chi connectivity index (χ0) is 13.0. The van der Waals surface area contributed by atoms with E-state index in [1.807, 2.05) is 11.8 Å². The van der Waals surface area contributed by atoms with Crippen LogP contribution in [0, 0.1) is 0 Å². The van der Waals surface area contributed by atoms with E-state index in [0.29, 0.717) is 0 Å². The number of aliphatic hydroxyl groups is 1. The lowest BCUT2D eigenvalue weighted by Gasteiger charge is -2.18. The van der Waals surface area contributed by atoms with Gasteiger partial charge in [-0.25, -0.2) is 0 Å². The smallest absolute Gasteiger partial charge is 0.0950 e. The molecule has 1 aromatic heterocycles. The normalized spacial score (nSPS) is 18.4. The maximum Gasteiger partial charge on any atom is 0.0950 e. The van der Waals surface area contributed by atoms with Gasteiger partial charge in [0.2, 0.25) is 0 Å². The fraction of sp³-hybridized carbons (Fsp3) is 0.769. The molecule has 1 N–H and O–H groups in total. The summed E-state index contributed by atoms with van der Waals surface area (Å²) in [6, 6.07) is 2.05. The van der Waals surface area contributed by atoms with Crippen LogP contribution in [0.25, 0.3) is 0 Å². The first kappa shape index (κ1) is 13.9. The molecule has 0 aliphatic carbocycles. The highest BCUT2D eigenvalue weighted by atomic mass is 32.2. The molecule has 0 aromatic carbocycles. The molecule has 0 radical (unpaired) electrons. The van der Waals surface area contributed by atoms with Gasteiger partial charge in [0.05, 0.1) is 17.5 Å². The standard InChI is InChI=1S/C13H23N3OS/c1-11(17)13-9-12-10-15(6-4-8-18-2)5-3-7-16(12)14-13/h9,11,17H,3-8,10H2,1-2H3/t11-/m0/s1. The van der Waals surface area contributed by atoms with E-state index in [1.54, 1.807) is 6.92 Å². The third kappa shape index (κ3) is 3.49. The summed E-state index contributed by atoms with van der Waals surface area (Å²) in [5.74, 6) is 1.23. The molecule has 102 valence electrons. The van der Waals surface area contributed by atoms with Crippen molar-refractivity contribution in [3.05, 3.63) is 17.5 Å². The van der Waals surface area contributed by atoms with Crippen LogP contribution < -0.4 is 0 Å². The number of nitrogens with zero attached hydrogens (tertiary/aromatic N) is 3. The zero-order valence-electron chi connectivity index (χ0n) is 11.3. The second-order valence-corrected chi connectivity index (χ2v) is 5.92. The fourth-order valence-electron chi connectivity index (χ4n) is 2.38. The summed E-state index contributed by atoms with van der Waals surface area (Å²) < 4.78 is 2.07. The quantitative estimate of drug-likeness (QED) is 0.829. The molecule has 1 aliphatic heterocycles. The van der Waals surface area contributed by atoms with Crippen LogP contribution in [0.1, 0.15) is 37.3 Å². The number of fused-ring (bicyclic) bond motifs is 1. The van der Waals surface area contributed by atoms with E-state index in [-0.39, 0.29) is 0 Å². The average Bonchev–Trinajstić information content (AvgIpc) is 2.64. The van der Waals surface area contributed by atoms with Crippen molar-refractivity contribution in [2.45, 2.75) is 39.0 Å². The highest BCUT2D eigenvalue weighted by Crippen LogP contribution is 2.18. The van der Waals surface area contributed by atoms with Gasteiger partial charge >= 0.3 is 0 Å². The third-order valence-electron chi connectivity index (χ3n) is 3.36. The van der Waals surface area contributed by atoms with Crippen molar-refractivity contribution in [2.24, 2.45) is 0 Å². The minimum Gasteiger partial charge on any atom is -0.387 e. The van der Waals surface area contributed by atoms with Crippen LogP contribution in [-0.4, -0.2) is 44.9 Å². The molecule has 18 heavy (non-hydrogen) atoms. The van der Waals surface area contributed by atoms with Crippen LogP contribution in [-0.2, 0) is 13.1 Å². The number of aromatic nitrogens is 2. The first-order valence-electron chi connectivity index (χ1n) is 6.66. The molecule has 0 saturated heterocycles. The largest absolute Gasteiger partial charge is 0.387 e. The van der Waals surface area contributed by atoms with E-state index >= 15 is 0 Å². The molecule has 0 spiro atoms. The number of rotatable bonds is 5. The van der Waals surface area contributed by atoms with Crippen LogP contribution in [0.15, 0.2) is 6.07 Å². The zero-order valence-corrected chi connectivity index (χ0v) is 12.1. The van der Waals surface area contributed by atoms with E-state index in [4.69, 9.17) is 0 Å². The Balaban J connectivity index is 1.99. The molecule has 5 heteroatoms. The van der Waals surface area contributed by atoms with Crippen molar-refractivity contribution in [3.8, 4) is 0 Å². The Morgan fingerprint density at radius 2 is 2.33 bits per heavy atom. The summed E-state index contributed by atoms with van der Waals surface area (Å²) in [7, 11) is 0. The van der Waals surface area contributed by atoms with Crippen LogP contribution in [0.5, 0.6) is 0 Å². The number of aryl methyl sites for hydroxylation is 1. The average molecular weight is 269 g/mol. The number of thioether (sulfide) groups is 1. The van der Waals surface area contributed by atoms with Gasteiger partial charge in [-0.05, 0) is 44.4 Å². The van der Waals surface area contributed by atoms with Gasteiger partial charge in [-0.15, -0.1) is 0 Å². The first-order valence-corrected chi connectivity index (χ1v) is 8.06. The molecule has 2 heterocycles. The minimum absolute atomic E-state index is 0.464. The Morgan fingerprint density at radius 1 is 1.50 bits per heavy atom. The number of hydrogen-bond acceptors (Lipinski definition) is 4. The Bertz CT molecular complexity index is 378. The van der Waals surface area contributed by atoms with Crippen LogP contribution in [0.4, 0.5) is 0 Å². The highest BCUT2D eigenvalue weighted by molar-refractivity contribution is 7.98. The van der Waals surface area contributed by atoms with E-state index in [2.05, 4.69) is 27.0 Å². The molecule has 2 rings (SSSR count). The highest BCUT2D eigenvalue weighted by Gasteiger charge is 2.17. The van der Waals surface area contributed by atoms with Crippen LogP contribution in [0.2, 0.25) is 0 Å². The molecule has 0 amide bonds. The Hall–Kier alpha value is -0.520. The predicted molar refractivity (Wildman–Crippen MR) is 75.8 cm³/mol. The van der Waals surface area contributed by atoms with Gasteiger partial charge < -0.3 is 5.11 Å². The molecular weight excluding hydrogens is 246 g/mol. The van der Waals surface area contributed by atoms with E-state index < -0.39 is 6.10 Å². The lowest BCUT2D eigenvalue weighted by Crippen LogP contribution is -2.24. The molecule has 1 aromatic rings. The molecule has 1 aliphatic rings. The third-order valence-corrected chi connectivity index (χ3v) is 4.06. The molecule has 4 nitrogen and oxygen atoms in total. The van der Waals surface area contributed by atoms with Gasteiger partial charge in [-0.1, -0.05) is 0 Å². The van der Waals surface area contributed by atoms with E-state index in [1.165, 1.54) is 17.9 Å². The molecule has 0 saturated carbocycles. The van der Waals surface area contributed by atoms with Crippen molar-refractivity contribution >= 4 is 11.8 Å². The first-order chi connectivity index (χ1) is 8.70. The Kier molecular flexibility index (Phi) is 5.09. The number of aliphatic hydroxyl groups excluding tert-OH is 1. The fourth-order valence-corrected chi connectivity index (χ4v) is 2.80. The molecule has 1 atom stereocenters. The summed E-state index contributed by atoms with van der Waals surface area (Å²) >= 11 is 1.91. The van der Waals surface area contributed by atoms with Crippen molar-refractivity contribution in [1.29, 1.82) is 0 Å². The van der Waals surface area contributed by atoms with E-state index in [0.717, 1.165) is 38.3 Å². The topological polar surface area (TPSA) is 41.3 Å². The SMILES string of the molecule is CSCCCN1CCCn2nc([C@H](C)O)cc2C1. The lowest BCUT2D eigenvalue weighted by atomic mass is 10.2. The van der Waals surface area contributed by atoms with Crippen LogP contribution in [0.3, 0.4) is 0 Å². The van der Waals surface area contributed by atoms with Gasteiger partial charge in [0.15, 0.2) is 0 Å². The Labute approximate surface area is 113 Å². The van der Waals surface area contributed by atoms with Crippen molar-refractivity contribution in [3.63, 3.8) is 0 Å². The monoisotopic (exact) mass is 269 g/mol. The number of hydrogen-bond donors (Lipinski definition) is 1. The van der Waals surface area contributed by atoms with Crippen LogP contribution >= 0.6 is 11.8 Å². The van der Waals surface area contributed by atoms with Gasteiger partial charge in [0.1, 0.15) is 0 Å². The van der Waals surface area contributed by atoms with E-state index in [9.17, 15) is 5.11 Å². The predicted octanol–water partition coefficient (Wildman–Crippen LogP) is 1.90. The van der Waals surface area contributed by atoms with Gasteiger partial charge in [-0.2, -0.15) is 16.9 Å². The van der Waals surface area contributed by atoms with Gasteiger partial charge in [0.25, 0.3) is 0 Å². The molecule has 0 unspecified atom stereocenters.